The Morgan fingerprint density at radius 1 is 1.09 bits per heavy atom. The minimum Gasteiger partial charge on any atom is -0.496 e. The van der Waals surface area contributed by atoms with Crippen molar-refractivity contribution in [3.63, 3.8) is 0 Å². The summed E-state index contributed by atoms with van der Waals surface area (Å²) in [4.78, 5) is 22.3. The molecule has 170 valence electrons. The molecular weight excluding hydrogens is 502 g/mol. The van der Waals surface area contributed by atoms with Crippen molar-refractivity contribution in [3.8, 4) is 11.4 Å². The predicted octanol–water partition coefficient (Wildman–Crippen LogP) is 6.28. The van der Waals surface area contributed by atoms with Gasteiger partial charge < -0.3 is 14.0 Å². The lowest BCUT2D eigenvalue weighted by molar-refractivity contribution is 0.0527. The Balaban J connectivity index is 1.96. The maximum absolute atomic E-state index is 13.2. The first-order valence-corrected chi connectivity index (χ1v) is 12.3. The average Bonchev–Trinajstić information content (AvgIpc) is 3.10. The van der Waals surface area contributed by atoms with Crippen LogP contribution in [0.1, 0.15) is 34.4 Å². The van der Waals surface area contributed by atoms with Gasteiger partial charge in [0.1, 0.15) is 5.75 Å². The van der Waals surface area contributed by atoms with E-state index in [0.717, 1.165) is 38.1 Å². The molecule has 0 spiro atoms. The molecule has 4 aromatic rings. The lowest BCUT2D eigenvalue weighted by Crippen LogP contribution is -2.09. The first-order chi connectivity index (χ1) is 15.9. The molecule has 2 aromatic heterocycles. The Hall–Kier alpha value is -2.84. The SMILES string of the molecule is CCOC(=O)c1c(CSc2nc(C)cc(C)n2)n(-c2ccccc2)c2cc(Br)c(OC)cc12. The van der Waals surface area contributed by atoms with Gasteiger partial charge in [0.15, 0.2) is 5.16 Å². The number of halogens is 1. The van der Waals surface area contributed by atoms with E-state index in [0.29, 0.717) is 22.2 Å². The second kappa shape index (κ2) is 9.97. The number of carbonyl (C=O) groups is 1. The summed E-state index contributed by atoms with van der Waals surface area (Å²) >= 11 is 5.09. The molecule has 0 amide bonds. The number of carbonyl (C=O) groups excluding carboxylic acids is 1. The number of nitrogens with zero attached hydrogens (tertiary/aromatic N) is 3. The van der Waals surface area contributed by atoms with Crippen molar-refractivity contribution < 1.29 is 14.3 Å². The van der Waals surface area contributed by atoms with Crippen LogP contribution >= 0.6 is 27.7 Å². The van der Waals surface area contributed by atoms with E-state index in [1.54, 1.807) is 7.11 Å². The molecule has 0 aliphatic rings. The van der Waals surface area contributed by atoms with Crippen LogP contribution in [-0.2, 0) is 10.5 Å². The number of fused-ring (bicyclic) bond motifs is 1. The van der Waals surface area contributed by atoms with E-state index >= 15 is 0 Å². The van der Waals surface area contributed by atoms with Crippen molar-refractivity contribution in [1.29, 1.82) is 0 Å². The van der Waals surface area contributed by atoms with Crippen LogP contribution in [0.4, 0.5) is 0 Å². The molecule has 0 fully saturated rings. The van der Waals surface area contributed by atoms with Crippen molar-refractivity contribution in [2.75, 3.05) is 13.7 Å². The third-order valence-corrected chi connectivity index (χ3v) is 6.61. The van der Waals surface area contributed by atoms with Gasteiger partial charge in [0.2, 0.25) is 0 Å². The summed E-state index contributed by atoms with van der Waals surface area (Å²) in [6, 6.07) is 15.8. The Kier molecular flexibility index (Phi) is 7.05. The second-order valence-electron chi connectivity index (χ2n) is 7.44. The molecule has 0 aliphatic heterocycles. The highest BCUT2D eigenvalue weighted by atomic mass is 79.9. The zero-order valence-electron chi connectivity index (χ0n) is 18.9. The molecule has 0 unspecified atom stereocenters. The fourth-order valence-corrected chi connectivity index (χ4v) is 5.28. The summed E-state index contributed by atoms with van der Waals surface area (Å²) in [5, 5.41) is 1.44. The third-order valence-electron chi connectivity index (χ3n) is 5.13. The fraction of sp³-hybridized carbons (Fsp3) is 0.240. The number of para-hydroxylation sites is 1. The Bertz CT molecular complexity index is 1300. The summed E-state index contributed by atoms with van der Waals surface area (Å²) in [7, 11) is 1.61. The molecule has 0 aliphatic carbocycles. The average molecular weight is 526 g/mol. The van der Waals surface area contributed by atoms with Crippen LogP contribution in [0, 0.1) is 13.8 Å². The van der Waals surface area contributed by atoms with Crippen LogP contribution in [0.15, 0.2) is 58.2 Å². The molecule has 0 N–H and O–H groups in total. The number of rotatable bonds is 7. The van der Waals surface area contributed by atoms with Gasteiger partial charge in [-0.25, -0.2) is 14.8 Å². The topological polar surface area (TPSA) is 66.2 Å². The molecule has 0 bridgehead atoms. The maximum Gasteiger partial charge on any atom is 0.340 e. The fourth-order valence-electron chi connectivity index (χ4n) is 3.83. The van der Waals surface area contributed by atoms with Crippen LogP contribution in [0.5, 0.6) is 5.75 Å². The van der Waals surface area contributed by atoms with Crippen LogP contribution < -0.4 is 4.74 Å². The molecule has 0 saturated carbocycles. The van der Waals surface area contributed by atoms with Crippen LogP contribution in [0.2, 0.25) is 0 Å². The van der Waals surface area contributed by atoms with E-state index in [1.165, 1.54) is 11.8 Å². The summed E-state index contributed by atoms with van der Waals surface area (Å²) < 4.78 is 13.9. The third kappa shape index (κ3) is 4.77. The molecule has 0 atom stereocenters. The van der Waals surface area contributed by atoms with Gasteiger partial charge in [0, 0.05) is 33.9 Å². The lowest BCUT2D eigenvalue weighted by Gasteiger charge is -2.12. The van der Waals surface area contributed by atoms with Gasteiger partial charge in [-0.15, -0.1) is 0 Å². The van der Waals surface area contributed by atoms with E-state index in [1.807, 2.05) is 69.3 Å². The van der Waals surface area contributed by atoms with Crippen molar-refractivity contribution in [1.82, 2.24) is 14.5 Å². The van der Waals surface area contributed by atoms with Crippen molar-refractivity contribution in [2.45, 2.75) is 31.7 Å². The van der Waals surface area contributed by atoms with Gasteiger partial charge in [-0.1, -0.05) is 30.0 Å². The molecule has 0 saturated heterocycles. The smallest absolute Gasteiger partial charge is 0.340 e. The first kappa shape index (κ1) is 23.3. The van der Waals surface area contributed by atoms with Gasteiger partial charge in [0.05, 0.1) is 29.3 Å². The second-order valence-corrected chi connectivity index (χ2v) is 9.24. The van der Waals surface area contributed by atoms with Gasteiger partial charge in [-0.05, 0) is 67.0 Å². The van der Waals surface area contributed by atoms with E-state index < -0.39 is 0 Å². The number of hydrogen-bond donors (Lipinski definition) is 0. The number of benzene rings is 2. The summed E-state index contributed by atoms with van der Waals surface area (Å²) in [5.74, 6) is 0.772. The van der Waals surface area contributed by atoms with Crippen molar-refractivity contribution in [3.05, 3.63) is 75.6 Å². The van der Waals surface area contributed by atoms with Gasteiger partial charge in [-0.2, -0.15) is 0 Å². The van der Waals surface area contributed by atoms with E-state index in [-0.39, 0.29) is 12.6 Å². The molecule has 0 radical (unpaired) electrons. The quantitative estimate of drug-likeness (QED) is 0.161. The number of ether oxygens (including phenoxy) is 2. The number of methoxy groups -OCH3 is 1. The molecule has 4 rings (SSSR count). The zero-order valence-corrected chi connectivity index (χ0v) is 21.3. The highest BCUT2D eigenvalue weighted by Crippen LogP contribution is 2.39. The van der Waals surface area contributed by atoms with E-state index in [4.69, 9.17) is 9.47 Å². The van der Waals surface area contributed by atoms with Crippen molar-refractivity contribution >= 4 is 44.6 Å². The number of aromatic nitrogens is 3. The molecular formula is C25H24BrN3O3S. The Labute approximate surface area is 205 Å². The largest absolute Gasteiger partial charge is 0.496 e. The van der Waals surface area contributed by atoms with Crippen LogP contribution in [-0.4, -0.2) is 34.2 Å². The molecule has 6 nitrogen and oxygen atoms in total. The summed E-state index contributed by atoms with van der Waals surface area (Å²) in [5.41, 5.74) is 5.00. The lowest BCUT2D eigenvalue weighted by atomic mass is 10.1. The molecule has 2 aromatic carbocycles. The zero-order chi connectivity index (χ0) is 23.5. The number of hydrogen-bond acceptors (Lipinski definition) is 6. The van der Waals surface area contributed by atoms with Gasteiger partial charge >= 0.3 is 5.97 Å². The van der Waals surface area contributed by atoms with Crippen LogP contribution in [0.3, 0.4) is 0 Å². The standard InChI is InChI=1S/C25H24BrN3O3S/c1-5-32-24(30)23-18-12-22(31-4)19(26)13-20(18)29(17-9-7-6-8-10-17)21(23)14-33-25-27-15(2)11-16(3)28-25/h6-13H,5,14H2,1-4H3. The minimum atomic E-state index is -0.363. The maximum atomic E-state index is 13.2. The summed E-state index contributed by atoms with van der Waals surface area (Å²) in [6.07, 6.45) is 0. The molecule has 33 heavy (non-hydrogen) atoms. The number of thioether (sulfide) groups is 1. The highest BCUT2D eigenvalue weighted by Gasteiger charge is 2.26. The number of esters is 1. The normalized spacial score (nSPS) is 11.1. The van der Waals surface area contributed by atoms with E-state index in [2.05, 4.69) is 30.5 Å². The van der Waals surface area contributed by atoms with E-state index in [9.17, 15) is 4.79 Å². The monoisotopic (exact) mass is 525 g/mol. The molecule has 8 heteroatoms. The predicted molar refractivity (Wildman–Crippen MR) is 135 cm³/mol. The van der Waals surface area contributed by atoms with Gasteiger partial charge in [-0.3, -0.25) is 0 Å². The summed E-state index contributed by atoms with van der Waals surface area (Å²) in [6.45, 7) is 6.00. The highest BCUT2D eigenvalue weighted by molar-refractivity contribution is 9.10. The first-order valence-electron chi connectivity index (χ1n) is 10.5. The van der Waals surface area contributed by atoms with Gasteiger partial charge in [0.25, 0.3) is 0 Å². The minimum absolute atomic E-state index is 0.289. The Morgan fingerprint density at radius 3 is 2.42 bits per heavy atom. The Morgan fingerprint density at radius 2 is 1.79 bits per heavy atom. The molecule has 2 heterocycles. The van der Waals surface area contributed by atoms with Crippen LogP contribution in [0.25, 0.3) is 16.6 Å². The van der Waals surface area contributed by atoms with Crippen molar-refractivity contribution in [2.24, 2.45) is 0 Å². The number of aryl methyl sites for hydroxylation is 2.